The Kier molecular flexibility index (Phi) is 2.46. The molecule has 1 aromatic rings. The molecule has 0 aromatic heterocycles. The summed E-state index contributed by atoms with van der Waals surface area (Å²) in [4.78, 5) is 10.6. The Morgan fingerprint density at radius 1 is 1.57 bits per heavy atom. The van der Waals surface area contributed by atoms with Crippen molar-refractivity contribution in [2.24, 2.45) is 5.92 Å². The fourth-order valence-electron chi connectivity index (χ4n) is 1.71. The number of rotatable bonds is 1. The second-order valence-electron chi connectivity index (χ2n) is 3.73. The second kappa shape index (κ2) is 3.62. The van der Waals surface area contributed by atoms with Crippen molar-refractivity contribution in [1.29, 1.82) is 0 Å². The van der Waals surface area contributed by atoms with Gasteiger partial charge in [0.25, 0.3) is 0 Å². The van der Waals surface area contributed by atoms with Gasteiger partial charge in [0.15, 0.2) is 0 Å². The minimum Gasteiger partial charge on any atom is -0.491 e. The number of benzene rings is 1. The van der Waals surface area contributed by atoms with Gasteiger partial charge in [0.2, 0.25) is 0 Å². The lowest BCUT2D eigenvalue weighted by Gasteiger charge is -2.23. The number of hydrogen-bond acceptors (Lipinski definition) is 2. The van der Waals surface area contributed by atoms with Crippen LogP contribution in [0.4, 0.5) is 0 Å². The van der Waals surface area contributed by atoms with Crippen molar-refractivity contribution in [3.05, 3.63) is 28.3 Å². The summed E-state index contributed by atoms with van der Waals surface area (Å²) in [7, 11) is 0. The maximum atomic E-state index is 10.6. The van der Waals surface area contributed by atoms with Crippen LogP contribution in [0.5, 0.6) is 5.75 Å². The first-order valence-corrected chi connectivity index (χ1v) is 4.99. The van der Waals surface area contributed by atoms with Crippen LogP contribution in [-0.2, 0) is 6.42 Å². The third-order valence-electron chi connectivity index (χ3n) is 2.36. The van der Waals surface area contributed by atoms with Crippen molar-refractivity contribution >= 4 is 17.9 Å². The van der Waals surface area contributed by atoms with Gasteiger partial charge in [-0.3, -0.25) is 4.79 Å². The summed E-state index contributed by atoms with van der Waals surface area (Å²) in [6.45, 7) is 2.82. The molecule has 0 radical (unpaired) electrons. The molecule has 0 N–H and O–H groups in total. The first-order valence-electron chi connectivity index (χ1n) is 4.61. The quantitative estimate of drug-likeness (QED) is 0.667. The van der Waals surface area contributed by atoms with E-state index in [-0.39, 0.29) is 0 Å². The van der Waals surface area contributed by atoms with Gasteiger partial charge in [-0.15, -0.1) is 0 Å². The summed E-state index contributed by atoms with van der Waals surface area (Å²) in [6, 6.07) is 3.49. The van der Waals surface area contributed by atoms with Gasteiger partial charge in [-0.05, 0) is 30.0 Å². The average molecular weight is 211 g/mol. The van der Waals surface area contributed by atoms with Gasteiger partial charge in [0.1, 0.15) is 12.0 Å². The Hall–Kier alpha value is -1.02. The van der Waals surface area contributed by atoms with Gasteiger partial charge in [0.05, 0.1) is 11.6 Å². The molecule has 1 heterocycles. The van der Waals surface area contributed by atoms with Crippen molar-refractivity contribution in [3.63, 3.8) is 0 Å². The number of carbonyl (C=O) groups is 1. The third kappa shape index (κ3) is 1.62. The highest BCUT2D eigenvalue weighted by molar-refractivity contribution is 6.32. The molecule has 0 saturated carbocycles. The zero-order valence-corrected chi connectivity index (χ0v) is 8.67. The SMILES string of the molecule is CC1COc2c(Cl)cc(C=O)cc2C1. The molecule has 0 aliphatic carbocycles. The molecule has 1 aliphatic heterocycles. The van der Waals surface area contributed by atoms with E-state index in [1.54, 1.807) is 6.07 Å². The Bertz CT molecular complexity index is 374. The molecular weight excluding hydrogens is 200 g/mol. The Labute approximate surface area is 87.8 Å². The van der Waals surface area contributed by atoms with Crippen LogP contribution in [0, 0.1) is 5.92 Å². The van der Waals surface area contributed by atoms with Crippen molar-refractivity contribution in [1.82, 2.24) is 0 Å². The van der Waals surface area contributed by atoms with Gasteiger partial charge < -0.3 is 4.74 Å². The maximum absolute atomic E-state index is 10.6. The van der Waals surface area contributed by atoms with Crippen molar-refractivity contribution in [3.8, 4) is 5.75 Å². The minimum atomic E-state index is 0.487. The molecule has 1 atom stereocenters. The number of fused-ring (bicyclic) bond motifs is 1. The van der Waals surface area contributed by atoms with Crippen LogP contribution in [0.25, 0.3) is 0 Å². The molecule has 1 unspecified atom stereocenters. The van der Waals surface area contributed by atoms with Crippen LogP contribution < -0.4 is 4.74 Å². The van der Waals surface area contributed by atoms with Gasteiger partial charge in [-0.25, -0.2) is 0 Å². The van der Waals surface area contributed by atoms with E-state index in [0.29, 0.717) is 23.1 Å². The highest BCUT2D eigenvalue weighted by Gasteiger charge is 2.19. The molecule has 0 saturated heterocycles. The fraction of sp³-hybridized carbons (Fsp3) is 0.364. The highest BCUT2D eigenvalue weighted by Crippen LogP contribution is 2.34. The molecule has 0 amide bonds. The number of carbonyl (C=O) groups excluding carboxylic acids is 1. The predicted octanol–water partition coefficient (Wildman–Crippen LogP) is 2.72. The lowest BCUT2D eigenvalue weighted by Crippen LogP contribution is -2.18. The summed E-state index contributed by atoms with van der Waals surface area (Å²) in [6.07, 6.45) is 1.74. The van der Waals surface area contributed by atoms with E-state index in [0.717, 1.165) is 24.0 Å². The molecule has 1 aliphatic rings. The largest absolute Gasteiger partial charge is 0.491 e. The molecule has 0 fully saturated rings. The van der Waals surface area contributed by atoms with Crippen LogP contribution in [0.1, 0.15) is 22.8 Å². The molecular formula is C11H11ClO2. The van der Waals surface area contributed by atoms with E-state index in [9.17, 15) is 4.79 Å². The van der Waals surface area contributed by atoms with E-state index in [4.69, 9.17) is 16.3 Å². The van der Waals surface area contributed by atoms with Gasteiger partial charge in [0, 0.05) is 5.56 Å². The van der Waals surface area contributed by atoms with Crippen LogP contribution in [-0.4, -0.2) is 12.9 Å². The van der Waals surface area contributed by atoms with Gasteiger partial charge in [-0.2, -0.15) is 0 Å². The van der Waals surface area contributed by atoms with E-state index < -0.39 is 0 Å². The van der Waals surface area contributed by atoms with Crippen molar-refractivity contribution < 1.29 is 9.53 Å². The number of halogens is 1. The normalized spacial score (nSPS) is 19.7. The lowest BCUT2D eigenvalue weighted by molar-refractivity contribution is 0.112. The molecule has 14 heavy (non-hydrogen) atoms. The van der Waals surface area contributed by atoms with E-state index in [1.165, 1.54) is 0 Å². The van der Waals surface area contributed by atoms with Gasteiger partial charge in [-0.1, -0.05) is 18.5 Å². The Morgan fingerprint density at radius 2 is 2.36 bits per heavy atom. The summed E-state index contributed by atoms with van der Waals surface area (Å²) < 4.78 is 5.52. The smallest absolute Gasteiger partial charge is 0.150 e. The predicted molar refractivity (Wildman–Crippen MR) is 55.2 cm³/mol. The standard InChI is InChI=1S/C11H11ClO2/c1-7-2-9-3-8(5-13)4-10(12)11(9)14-6-7/h3-5,7H,2,6H2,1H3. The fourth-order valence-corrected chi connectivity index (χ4v) is 2.02. The summed E-state index contributed by atoms with van der Waals surface area (Å²) >= 11 is 5.99. The number of hydrogen-bond donors (Lipinski definition) is 0. The average Bonchev–Trinajstić information content (AvgIpc) is 2.16. The van der Waals surface area contributed by atoms with E-state index >= 15 is 0 Å². The van der Waals surface area contributed by atoms with E-state index in [1.807, 2.05) is 6.07 Å². The monoisotopic (exact) mass is 210 g/mol. The molecule has 2 nitrogen and oxygen atoms in total. The maximum Gasteiger partial charge on any atom is 0.150 e. The lowest BCUT2D eigenvalue weighted by atomic mass is 9.97. The van der Waals surface area contributed by atoms with Crippen LogP contribution in [0.15, 0.2) is 12.1 Å². The van der Waals surface area contributed by atoms with Crippen LogP contribution >= 0.6 is 11.6 Å². The third-order valence-corrected chi connectivity index (χ3v) is 2.64. The Balaban J connectivity index is 2.48. The minimum absolute atomic E-state index is 0.487. The number of ether oxygens (including phenoxy) is 1. The molecule has 2 rings (SSSR count). The Morgan fingerprint density at radius 3 is 3.07 bits per heavy atom. The first-order chi connectivity index (χ1) is 6.70. The topological polar surface area (TPSA) is 26.3 Å². The molecule has 1 aromatic carbocycles. The number of aldehydes is 1. The second-order valence-corrected chi connectivity index (χ2v) is 4.14. The van der Waals surface area contributed by atoms with Crippen molar-refractivity contribution in [2.75, 3.05) is 6.61 Å². The first kappa shape index (κ1) is 9.53. The summed E-state index contributed by atoms with van der Waals surface area (Å²) in [5, 5.41) is 0.538. The molecule has 0 bridgehead atoms. The zero-order chi connectivity index (χ0) is 10.1. The highest BCUT2D eigenvalue weighted by atomic mass is 35.5. The zero-order valence-electron chi connectivity index (χ0n) is 7.92. The van der Waals surface area contributed by atoms with E-state index in [2.05, 4.69) is 6.92 Å². The van der Waals surface area contributed by atoms with Gasteiger partial charge >= 0.3 is 0 Å². The van der Waals surface area contributed by atoms with Crippen molar-refractivity contribution in [2.45, 2.75) is 13.3 Å². The van der Waals surface area contributed by atoms with Crippen LogP contribution in [0.3, 0.4) is 0 Å². The summed E-state index contributed by atoms with van der Waals surface area (Å²) in [5.41, 5.74) is 1.66. The van der Waals surface area contributed by atoms with Crippen LogP contribution in [0.2, 0.25) is 5.02 Å². The molecule has 0 spiro atoms. The molecule has 74 valence electrons. The summed E-state index contributed by atoms with van der Waals surface area (Å²) in [5.74, 6) is 1.23. The molecule has 3 heteroatoms.